The first-order valence-corrected chi connectivity index (χ1v) is 10.1. The van der Waals surface area contributed by atoms with Gasteiger partial charge in [-0.1, -0.05) is 19.3 Å². The normalized spacial score (nSPS) is 23.3. The number of aliphatic imine (C=N–C) groups is 1. The number of nitrogens with one attached hydrogen (secondary N) is 3. The molecule has 3 rings (SSSR count). The first-order chi connectivity index (χ1) is 12.9. The summed E-state index contributed by atoms with van der Waals surface area (Å²) < 4.78 is 26.9. The molecule has 1 unspecified atom stereocenters. The summed E-state index contributed by atoms with van der Waals surface area (Å²) in [5.74, 6) is -1.51. The Morgan fingerprint density at radius 1 is 1.26 bits per heavy atom. The van der Waals surface area contributed by atoms with Gasteiger partial charge in [0.2, 0.25) is 11.9 Å². The van der Waals surface area contributed by atoms with Gasteiger partial charge in [-0.2, -0.15) is 0 Å². The van der Waals surface area contributed by atoms with Gasteiger partial charge in [0.05, 0.1) is 29.4 Å². The quantitative estimate of drug-likeness (QED) is 0.595. The van der Waals surface area contributed by atoms with Crippen LogP contribution in [0.2, 0.25) is 0 Å². The van der Waals surface area contributed by atoms with E-state index in [4.69, 9.17) is 5.41 Å². The van der Waals surface area contributed by atoms with Crippen LogP contribution in [0.1, 0.15) is 76.4 Å². The molecule has 27 heavy (non-hydrogen) atoms. The molecule has 2 saturated carbocycles. The van der Waals surface area contributed by atoms with Gasteiger partial charge in [0.1, 0.15) is 0 Å². The molecule has 7 heteroatoms. The molecule has 0 aromatic carbocycles. The Labute approximate surface area is 160 Å². The molecule has 1 heterocycles. The van der Waals surface area contributed by atoms with Crippen LogP contribution in [0.3, 0.4) is 0 Å². The van der Waals surface area contributed by atoms with Crippen molar-refractivity contribution in [1.29, 1.82) is 5.41 Å². The van der Waals surface area contributed by atoms with Gasteiger partial charge in [-0.3, -0.25) is 0 Å². The van der Waals surface area contributed by atoms with Gasteiger partial charge in [-0.25, -0.2) is 18.8 Å². The van der Waals surface area contributed by atoms with E-state index in [1.165, 1.54) is 19.3 Å². The van der Waals surface area contributed by atoms with E-state index in [0.717, 1.165) is 24.2 Å². The third kappa shape index (κ3) is 5.00. The van der Waals surface area contributed by atoms with Gasteiger partial charge in [0.25, 0.3) is 0 Å². The van der Waals surface area contributed by atoms with Crippen molar-refractivity contribution in [3.63, 3.8) is 0 Å². The molecule has 1 atom stereocenters. The lowest BCUT2D eigenvalue weighted by Crippen LogP contribution is -2.32. The van der Waals surface area contributed by atoms with Crippen LogP contribution in [0.5, 0.6) is 0 Å². The van der Waals surface area contributed by atoms with Gasteiger partial charge < -0.3 is 15.7 Å². The average Bonchev–Trinajstić information content (AvgIpc) is 3.10. The number of aromatic amines is 1. The second-order valence-electron chi connectivity index (χ2n) is 8.08. The lowest BCUT2D eigenvalue weighted by atomic mass is 9.81. The Morgan fingerprint density at radius 2 is 1.93 bits per heavy atom. The molecule has 0 radical (unpaired) electrons. The number of aromatic nitrogens is 2. The van der Waals surface area contributed by atoms with Crippen molar-refractivity contribution in [3.05, 3.63) is 11.9 Å². The second kappa shape index (κ2) is 8.59. The zero-order valence-corrected chi connectivity index (χ0v) is 16.3. The molecule has 2 aliphatic rings. The number of halogens is 2. The van der Waals surface area contributed by atoms with Gasteiger partial charge in [0, 0.05) is 18.8 Å². The molecule has 0 spiro atoms. The predicted octanol–water partition coefficient (Wildman–Crippen LogP) is 5.19. The van der Waals surface area contributed by atoms with E-state index in [0.29, 0.717) is 30.4 Å². The number of rotatable bonds is 6. The van der Waals surface area contributed by atoms with Crippen LogP contribution in [0.15, 0.2) is 11.2 Å². The van der Waals surface area contributed by atoms with Gasteiger partial charge in [-0.15, -0.1) is 0 Å². The SMILES string of the molecule is CNC(c1cnc(/N=C(\C(C)=N)C2CCCCC2)[nH]1)C1CCC(F)(F)CC1. The van der Waals surface area contributed by atoms with E-state index in [-0.39, 0.29) is 24.8 Å². The number of hydrogen-bond donors (Lipinski definition) is 3. The highest BCUT2D eigenvalue weighted by Gasteiger charge is 2.38. The first kappa shape index (κ1) is 20.1. The summed E-state index contributed by atoms with van der Waals surface area (Å²) in [7, 11) is 1.86. The molecule has 0 bridgehead atoms. The van der Waals surface area contributed by atoms with Gasteiger partial charge in [0.15, 0.2) is 0 Å². The molecule has 3 N–H and O–H groups in total. The van der Waals surface area contributed by atoms with Crippen LogP contribution in [0.25, 0.3) is 0 Å². The van der Waals surface area contributed by atoms with E-state index >= 15 is 0 Å². The summed E-state index contributed by atoms with van der Waals surface area (Å²) in [5, 5.41) is 11.4. The fourth-order valence-electron chi connectivity index (χ4n) is 4.55. The number of hydrogen-bond acceptors (Lipinski definition) is 4. The summed E-state index contributed by atoms with van der Waals surface area (Å²) in [5.41, 5.74) is 2.21. The highest BCUT2D eigenvalue weighted by Crippen LogP contribution is 2.41. The fraction of sp³-hybridized carbons (Fsp3) is 0.750. The average molecular weight is 379 g/mol. The zero-order valence-electron chi connectivity index (χ0n) is 16.3. The summed E-state index contributed by atoms with van der Waals surface area (Å²) in [4.78, 5) is 12.3. The predicted molar refractivity (Wildman–Crippen MR) is 104 cm³/mol. The zero-order chi connectivity index (χ0) is 19.4. The highest BCUT2D eigenvalue weighted by molar-refractivity contribution is 6.41. The molecule has 2 aliphatic carbocycles. The summed E-state index contributed by atoms with van der Waals surface area (Å²) in [6.07, 6.45) is 8.47. The number of nitrogens with zero attached hydrogens (tertiary/aromatic N) is 2. The minimum Gasteiger partial charge on any atom is -0.325 e. The largest absolute Gasteiger partial charge is 0.325 e. The number of alkyl halides is 2. The minimum atomic E-state index is -2.52. The van der Waals surface area contributed by atoms with Crippen molar-refractivity contribution < 1.29 is 8.78 Å². The van der Waals surface area contributed by atoms with E-state index < -0.39 is 5.92 Å². The van der Waals surface area contributed by atoms with Crippen molar-refractivity contribution in [2.75, 3.05) is 7.05 Å². The van der Waals surface area contributed by atoms with E-state index in [9.17, 15) is 8.78 Å². The summed E-state index contributed by atoms with van der Waals surface area (Å²) in [6, 6.07) is -0.0308. The lowest BCUT2D eigenvalue weighted by Gasteiger charge is -2.33. The maximum atomic E-state index is 13.5. The molecule has 1 aromatic heterocycles. The maximum Gasteiger partial charge on any atom is 0.248 e. The molecule has 1 aromatic rings. The van der Waals surface area contributed by atoms with Crippen LogP contribution in [-0.2, 0) is 0 Å². The third-order valence-electron chi connectivity index (χ3n) is 6.06. The van der Waals surface area contributed by atoms with Gasteiger partial charge in [-0.05, 0) is 45.6 Å². The van der Waals surface area contributed by atoms with E-state index in [1.54, 1.807) is 13.1 Å². The number of imidazole rings is 1. The van der Waals surface area contributed by atoms with Crippen molar-refractivity contribution in [2.45, 2.75) is 76.7 Å². The molecular formula is C20H31F2N5. The van der Waals surface area contributed by atoms with Crippen LogP contribution in [0, 0.1) is 17.2 Å². The Bertz CT molecular complexity index is 666. The molecule has 0 aliphatic heterocycles. The van der Waals surface area contributed by atoms with E-state index in [1.807, 2.05) is 7.05 Å². The molecule has 0 saturated heterocycles. The standard InChI is InChI=1S/C20H31F2N5/c1-13(23)17(14-6-4-3-5-7-14)27-19-25-12-16(26-19)18(24-2)15-8-10-20(21,22)11-9-15/h12,14-15,18,23-24H,3-11H2,1-2H3,(H,25,26)/b23-13?,27-17+. The maximum absolute atomic E-state index is 13.5. The van der Waals surface area contributed by atoms with Crippen molar-refractivity contribution in [3.8, 4) is 0 Å². The van der Waals surface area contributed by atoms with Gasteiger partial charge >= 0.3 is 0 Å². The molecular weight excluding hydrogens is 348 g/mol. The molecule has 5 nitrogen and oxygen atoms in total. The molecule has 2 fully saturated rings. The highest BCUT2D eigenvalue weighted by atomic mass is 19.3. The Morgan fingerprint density at radius 3 is 2.52 bits per heavy atom. The summed E-state index contributed by atoms with van der Waals surface area (Å²) in [6.45, 7) is 1.79. The Hall–Kier alpha value is -1.63. The monoisotopic (exact) mass is 379 g/mol. The third-order valence-corrected chi connectivity index (χ3v) is 6.06. The topological polar surface area (TPSA) is 76.9 Å². The van der Waals surface area contributed by atoms with E-state index in [2.05, 4.69) is 20.3 Å². The van der Waals surface area contributed by atoms with Crippen molar-refractivity contribution in [2.24, 2.45) is 16.8 Å². The number of H-pyrrole nitrogens is 1. The van der Waals surface area contributed by atoms with Crippen LogP contribution in [-0.4, -0.2) is 34.4 Å². The van der Waals surface area contributed by atoms with Crippen LogP contribution < -0.4 is 5.32 Å². The van der Waals surface area contributed by atoms with Crippen molar-refractivity contribution in [1.82, 2.24) is 15.3 Å². The Balaban J connectivity index is 1.74. The molecule has 0 amide bonds. The smallest absolute Gasteiger partial charge is 0.248 e. The fourth-order valence-corrected chi connectivity index (χ4v) is 4.55. The van der Waals surface area contributed by atoms with Crippen LogP contribution in [0.4, 0.5) is 14.7 Å². The Kier molecular flexibility index (Phi) is 6.40. The second-order valence-corrected chi connectivity index (χ2v) is 8.08. The van der Waals surface area contributed by atoms with Crippen LogP contribution >= 0.6 is 0 Å². The first-order valence-electron chi connectivity index (χ1n) is 10.1. The summed E-state index contributed by atoms with van der Waals surface area (Å²) >= 11 is 0. The minimum absolute atomic E-state index is 0.0308. The van der Waals surface area contributed by atoms with Crippen molar-refractivity contribution >= 4 is 17.4 Å². The lowest BCUT2D eigenvalue weighted by molar-refractivity contribution is -0.0496. The molecule has 150 valence electrons.